The molecule has 0 amide bonds. The molecule has 94 valence electrons. The van der Waals surface area contributed by atoms with E-state index in [1.54, 1.807) is 20.8 Å². The summed E-state index contributed by atoms with van der Waals surface area (Å²) in [6.07, 6.45) is 0. The smallest absolute Gasteiger partial charge is 0.380 e. The first-order chi connectivity index (χ1) is 7.15. The van der Waals surface area contributed by atoms with E-state index in [9.17, 15) is 13.6 Å². The Morgan fingerprint density at radius 2 is 1.81 bits per heavy atom. The zero-order valence-corrected chi connectivity index (χ0v) is 9.89. The number of alkyl halides is 2. The largest absolute Gasteiger partial charge is 0.455 e. The molecule has 4 nitrogen and oxygen atoms in total. The second kappa shape index (κ2) is 3.92. The van der Waals surface area contributed by atoms with Gasteiger partial charge in [0.15, 0.2) is 5.60 Å². The maximum absolute atomic E-state index is 13.8. The number of nitrogens with one attached hydrogen (secondary N) is 1. The van der Waals surface area contributed by atoms with Crippen LogP contribution in [-0.4, -0.2) is 43.3 Å². The summed E-state index contributed by atoms with van der Waals surface area (Å²) in [7, 11) is 1.17. The van der Waals surface area contributed by atoms with E-state index in [1.807, 2.05) is 0 Å². The fourth-order valence-electron chi connectivity index (χ4n) is 1.37. The maximum Gasteiger partial charge on any atom is 0.380 e. The van der Waals surface area contributed by atoms with Gasteiger partial charge in [-0.3, -0.25) is 0 Å². The van der Waals surface area contributed by atoms with Crippen LogP contribution < -0.4 is 5.32 Å². The molecule has 1 aliphatic rings. The number of methoxy groups -OCH3 is 1. The van der Waals surface area contributed by atoms with E-state index in [4.69, 9.17) is 4.74 Å². The molecular formula is C10H17F2NO3. The zero-order valence-electron chi connectivity index (χ0n) is 9.89. The van der Waals surface area contributed by atoms with E-state index in [-0.39, 0.29) is 13.1 Å². The third kappa shape index (κ3) is 2.17. The van der Waals surface area contributed by atoms with Gasteiger partial charge in [0.1, 0.15) is 5.60 Å². The second-order valence-electron chi connectivity index (χ2n) is 4.88. The molecule has 1 rings (SSSR count). The van der Waals surface area contributed by atoms with Crippen molar-refractivity contribution in [2.24, 2.45) is 0 Å². The Hall–Kier alpha value is -0.750. The SMILES string of the molecule is COC1(C(F)(F)C(=O)OC(C)(C)C)CNC1. The van der Waals surface area contributed by atoms with Gasteiger partial charge in [0, 0.05) is 20.2 Å². The Morgan fingerprint density at radius 1 is 1.31 bits per heavy atom. The molecule has 6 heteroatoms. The quantitative estimate of drug-likeness (QED) is 0.742. The number of hydrogen-bond acceptors (Lipinski definition) is 4. The Labute approximate surface area is 93.3 Å². The molecule has 1 heterocycles. The van der Waals surface area contributed by atoms with E-state index in [0.717, 1.165) is 0 Å². The third-order valence-corrected chi connectivity index (χ3v) is 2.44. The fourth-order valence-corrected chi connectivity index (χ4v) is 1.37. The highest BCUT2D eigenvalue weighted by Crippen LogP contribution is 2.37. The normalized spacial score (nSPS) is 20.1. The molecule has 0 spiro atoms. The maximum atomic E-state index is 13.8. The van der Waals surface area contributed by atoms with Crippen LogP contribution >= 0.6 is 0 Å². The molecular weight excluding hydrogens is 220 g/mol. The van der Waals surface area contributed by atoms with Gasteiger partial charge in [0.05, 0.1) is 0 Å². The molecule has 0 bridgehead atoms. The predicted molar refractivity (Wildman–Crippen MR) is 53.4 cm³/mol. The van der Waals surface area contributed by atoms with Gasteiger partial charge in [-0.1, -0.05) is 0 Å². The molecule has 0 aromatic rings. The van der Waals surface area contributed by atoms with Crippen molar-refractivity contribution >= 4 is 5.97 Å². The molecule has 0 aromatic heterocycles. The minimum atomic E-state index is -3.64. The first kappa shape index (κ1) is 13.3. The lowest BCUT2D eigenvalue weighted by atomic mass is 9.88. The van der Waals surface area contributed by atoms with Crippen LogP contribution in [0.15, 0.2) is 0 Å². The number of hydrogen-bond donors (Lipinski definition) is 1. The van der Waals surface area contributed by atoms with Crippen LogP contribution in [0.3, 0.4) is 0 Å². The van der Waals surface area contributed by atoms with Gasteiger partial charge in [-0.05, 0) is 20.8 Å². The Kier molecular flexibility index (Phi) is 3.27. The van der Waals surface area contributed by atoms with E-state index < -0.39 is 23.1 Å². The Balaban J connectivity index is 2.80. The van der Waals surface area contributed by atoms with Crippen molar-refractivity contribution in [3.8, 4) is 0 Å². The highest BCUT2D eigenvalue weighted by atomic mass is 19.3. The average Bonchev–Trinajstić information content (AvgIpc) is 1.98. The Bertz CT molecular complexity index is 277. The van der Waals surface area contributed by atoms with Crippen LogP contribution in [0, 0.1) is 0 Å². The lowest BCUT2D eigenvalue weighted by molar-refractivity contribution is -0.239. The van der Waals surface area contributed by atoms with Gasteiger partial charge >= 0.3 is 11.9 Å². The fraction of sp³-hybridized carbons (Fsp3) is 0.900. The van der Waals surface area contributed by atoms with Gasteiger partial charge in [0.2, 0.25) is 0 Å². The second-order valence-corrected chi connectivity index (χ2v) is 4.88. The summed E-state index contributed by atoms with van der Waals surface area (Å²) in [6, 6.07) is 0. The number of halogens is 2. The van der Waals surface area contributed by atoms with E-state index in [0.29, 0.717) is 0 Å². The van der Waals surface area contributed by atoms with Gasteiger partial charge in [0.25, 0.3) is 0 Å². The predicted octanol–water partition coefficient (Wildman–Crippen LogP) is 0.952. The molecule has 0 aliphatic carbocycles. The van der Waals surface area contributed by atoms with Gasteiger partial charge in [-0.15, -0.1) is 0 Å². The molecule has 1 N–H and O–H groups in total. The summed E-state index contributed by atoms with van der Waals surface area (Å²) < 4.78 is 37.1. The molecule has 0 unspecified atom stereocenters. The standard InChI is InChI=1S/C10H17F2NO3/c1-8(2,3)16-7(14)10(11,12)9(15-4)5-13-6-9/h13H,5-6H2,1-4H3. The number of carbonyl (C=O) groups excluding carboxylic acids is 1. The molecule has 1 saturated heterocycles. The summed E-state index contributed by atoms with van der Waals surface area (Å²) >= 11 is 0. The lowest BCUT2D eigenvalue weighted by Crippen LogP contribution is -2.72. The van der Waals surface area contributed by atoms with Crippen LogP contribution in [0.2, 0.25) is 0 Å². The molecule has 0 saturated carbocycles. The monoisotopic (exact) mass is 237 g/mol. The summed E-state index contributed by atoms with van der Waals surface area (Å²) in [4.78, 5) is 11.4. The molecule has 0 radical (unpaired) electrons. The summed E-state index contributed by atoms with van der Waals surface area (Å²) in [5.41, 5.74) is -2.71. The first-order valence-corrected chi connectivity index (χ1v) is 5.02. The Morgan fingerprint density at radius 3 is 2.06 bits per heavy atom. The molecule has 0 aromatic carbocycles. The molecule has 16 heavy (non-hydrogen) atoms. The van der Waals surface area contributed by atoms with Crippen molar-refractivity contribution < 1.29 is 23.0 Å². The number of ether oxygens (including phenoxy) is 2. The van der Waals surface area contributed by atoms with E-state index in [1.165, 1.54) is 7.11 Å². The summed E-state index contributed by atoms with van der Waals surface area (Å²) in [5, 5.41) is 2.66. The topological polar surface area (TPSA) is 47.6 Å². The van der Waals surface area contributed by atoms with Crippen molar-refractivity contribution in [3.63, 3.8) is 0 Å². The van der Waals surface area contributed by atoms with Gasteiger partial charge in [-0.2, -0.15) is 8.78 Å². The lowest BCUT2D eigenvalue weighted by Gasteiger charge is -2.45. The third-order valence-electron chi connectivity index (χ3n) is 2.44. The van der Waals surface area contributed by atoms with Crippen LogP contribution in [0.5, 0.6) is 0 Å². The first-order valence-electron chi connectivity index (χ1n) is 5.02. The van der Waals surface area contributed by atoms with Crippen molar-refractivity contribution in [1.29, 1.82) is 0 Å². The number of esters is 1. The summed E-state index contributed by atoms with van der Waals surface area (Å²) in [5.74, 6) is -5.18. The number of carbonyl (C=O) groups is 1. The zero-order chi connectivity index (χ0) is 12.6. The van der Waals surface area contributed by atoms with E-state index >= 15 is 0 Å². The van der Waals surface area contributed by atoms with Gasteiger partial charge < -0.3 is 14.8 Å². The minimum Gasteiger partial charge on any atom is -0.455 e. The molecule has 1 aliphatic heterocycles. The highest BCUT2D eigenvalue weighted by Gasteiger charge is 2.64. The summed E-state index contributed by atoms with van der Waals surface area (Å²) in [6.45, 7) is 4.50. The van der Waals surface area contributed by atoms with Crippen LogP contribution in [0.25, 0.3) is 0 Å². The molecule has 0 atom stereocenters. The number of rotatable bonds is 3. The van der Waals surface area contributed by atoms with Crippen molar-refractivity contribution in [2.45, 2.75) is 37.9 Å². The molecule has 1 fully saturated rings. The van der Waals surface area contributed by atoms with Crippen LogP contribution in [0.1, 0.15) is 20.8 Å². The van der Waals surface area contributed by atoms with Gasteiger partial charge in [-0.25, -0.2) is 4.79 Å². The van der Waals surface area contributed by atoms with E-state index in [2.05, 4.69) is 10.1 Å². The van der Waals surface area contributed by atoms with Crippen LogP contribution in [-0.2, 0) is 14.3 Å². The van der Waals surface area contributed by atoms with Crippen LogP contribution in [0.4, 0.5) is 8.78 Å². The van der Waals surface area contributed by atoms with Crippen molar-refractivity contribution in [3.05, 3.63) is 0 Å². The van der Waals surface area contributed by atoms with Crippen molar-refractivity contribution in [1.82, 2.24) is 5.32 Å². The highest BCUT2D eigenvalue weighted by molar-refractivity contribution is 5.80. The minimum absolute atomic E-state index is 0.0598. The average molecular weight is 237 g/mol. The van der Waals surface area contributed by atoms with Crippen molar-refractivity contribution in [2.75, 3.05) is 20.2 Å².